The molecule has 180 valence electrons. The first kappa shape index (κ1) is 24.5. The number of hydrogen-bond acceptors (Lipinski definition) is 6. The lowest BCUT2D eigenvalue weighted by Crippen LogP contribution is -2.48. The number of nitrogens with one attached hydrogen (secondary N) is 1. The molecule has 7 nitrogen and oxygen atoms in total. The topological polar surface area (TPSA) is 80.6 Å². The Bertz CT molecular complexity index is 1120. The molecular weight excluding hydrogens is 470 g/mol. The van der Waals surface area contributed by atoms with Crippen LogP contribution in [0.5, 0.6) is 0 Å². The van der Waals surface area contributed by atoms with E-state index >= 15 is 0 Å². The second-order valence-corrected chi connectivity index (χ2v) is 10.4. The molecule has 1 fully saturated rings. The number of nitrogens with zero attached hydrogens (tertiary/aromatic N) is 2. The van der Waals surface area contributed by atoms with Crippen LogP contribution in [0, 0.1) is 5.92 Å². The van der Waals surface area contributed by atoms with Crippen molar-refractivity contribution in [3.05, 3.63) is 64.1 Å². The SMILES string of the molecule is CCCCOC(=O)c1ccc(NC(=O)CSC(=S)N2C[C@@H]3C[C@@H](C2)c2cccc(=O)n2C3)cc1. The Hall–Kier alpha value is -2.65. The van der Waals surface area contributed by atoms with E-state index in [-0.39, 0.29) is 29.1 Å². The van der Waals surface area contributed by atoms with Crippen molar-refractivity contribution in [3.8, 4) is 0 Å². The van der Waals surface area contributed by atoms with Crippen LogP contribution < -0.4 is 10.9 Å². The number of unbranched alkanes of at least 4 members (excludes halogenated alkanes) is 1. The highest BCUT2D eigenvalue weighted by atomic mass is 32.2. The molecule has 1 amide bonds. The van der Waals surface area contributed by atoms with Crippen LogP contribution in [-0.2, 0) is 16.1 Å². The van der Waals surface area contributed by atoms with E-state index in [0.717, 1.165) is 44.6 Å². The molecule has 2 aliphatic rings. The quantitative estimate of drug-likeness (QED) is 0.352. The zero-order chi connectivity index (χ0) is 24.1. The minimum Gasteiger partial charge on any atom is -0.462 e. The number of fused-ring (bicyclic) bond motifs is 4. The van der Waals surface area contributed by atoms with Gasteiger partial charge in [0.15, 0.2) is 0 Å². The largest absolute Gasteiger partial charge is 0.462 e. The van der Waals surface area contributed by atoms with Crippen LogP contribution in [0.2, 0.25) is 0 Å². The fraction of sp³-hybridized carbons (Fsp3) is 0.440. The number of pyridine rings is 1. The molecule has 34 heavy (non-hydrogen) atoms. The summed E-state index contributed by atoms with van der Waals surface area (Å²) in [5.74, 6) is 0.360. The summed E-state index contributed by atoms with van der Waals surface area (Å²) in [6, 6.07) is 12.2. The molecule has 4 rings (SSSR count). The van der Waals surface area contributed by atoms with Gasteiger partial charge >= 0.3 is 5.97 Å². The zero-order valence-electron chi connectivity index (χ0n) is 19.2. The van der Waals surface area contributed by atoms with Crippen LogP contribution in [0.4, 0.5) is 5.69 Å². The Morgan fingerprint density at radius 3 is 2.71 bits per heavy atom. The van der Waals surface area contributed by atoms with Gasteiger partial charge in [-0.3, -0.25) is 9.59 Å². The summed E-state index contributed by atoms with van der Waals surface area (Å²) in [5, 5.41) is 2.85. The second kappa shape index (κ2) is 11.2. The minimum atomic E-state index is -0.356. The monoisotopic (exact) mass is 499 g/mol. The second-order valence-electron chi connectivity index (χ2n) is 8.77. The maximum atomic E-state index is 12.5. The van der Waals surface area contributed by atoms with E-state index in [1.165, 1.54) is 11.8 Å². The molecule has 0 unspecified atom stereocenters. The van der Waals surface area contributed by atoms with Crippen molar-refractivity contribution in [2.75, 3.05) is 30.8 Å². The summed E-state index contributed by atoms with van der Waals surface area (Å²) >= 11 is 6.99. The molecule has 0 radical (unpaired) electrons. The lowest BCUT2D eigenvalue weighted by molar-refractivity contribution is -0.113. The fourth-order valence-electron chi connectivity index (χ4n) is 4.54. The van der Waals surface area contributed by atoms with Gasteiger partial charge in [0.2, 0.25) is 5.91 Å². The molecule has 2 aromatic rings. The Balaban J connectivity index is 1.26. The van der Waals surface area contributed by atoms with Gasteiger partial charge in [-0.25, -0.2) is 4.79 Å². The number of benzene rings is 1. The normalized spacial score (nSPS) is 18.7. The van der Waals surface area contributed by atoms with Crippen molar-refractivity contribution >= 4 is 45.9 Å². The van der Waals surface area contributed by atoms with E-state index in [2.05, 4.69) is 10.2 Å². The van der Waals surface area contributed by atoms with Crippen molar-refractivity contribution < 1.29 is 14.3 Å². The molecule has 3 heterocycles. The first-order valence-electron chi connectivity index (χ1n) is 11.6. The summed E-state index contributed by atoms with van der Waals surface area (Å²) in [7, 11) is 0. The van der Waals surface area contributed by atoms with Gasteiger partial charge in [0.25, 0.3) is 5.56 Å². The van der Waals surface area contributed by atoms with Crippen molar-refractivity contribution in [3.63, 3.8) is 0 Å². The summed E-state index contributed by atoms with van der Waals surface area (Å²) in [4.78, 5) is 38.8. The van der Waals surface area contributed by atoms with E-state index in [4.69, 9.17) is 17.0 Å². The van der Waals surface area contributed by atoms with Gasteiger partial charge in [0, 0.05) is 43.0 Å². The number of ether oxygens (including phenoxy) is 1. The minimum absolute atomic E-state index is 0.0655. The predicted molar refractivity (Wildman–Crippen MR) is 138 cm³/mol. The van der Waals surface area contributed by atoms with Gasteiger partial charge in [-0.15, -0.1) is 0 Å². The first-order chi connectivity index (χ1) is 16.4. The van der Waals surface area contributed by atoms with Crippen molar-refractivity contribution in [2.45, 2.75) is 38.6 Å². The smallest absolute Gasteiger partial charge is 0.338 e. The average molecular weight is 500 g/mol. The number of amides is 1. The van der Waals surface area contributed by atoms with E-state index in [0.29, 0.717) is 28.1 Å². The maximum absolute atomic E-state index is 12.5. The average Bonchev–Trinajstić information content (AvgIpc) is 2.83. The molecule has 2 bridgehead atoms. The molecular formula is C25H29N3O4S2. The number of rotatable bonds is 7. The van der Waals surface area contributed by atoms with E-state index in [1.54, 1.807) is 30.3 Å². The van der Waals surface area contributed by atoms with Gasteiger partial charge in [0.1, 0.15) is 4.32 Å². The van der Waals surface area contributed by atoms with Gasteiger partial charge < -0.3 is 19.5 Å². The van der Waals surface area contributed by atoms with Crippen LogP contribution >= 0.6 is 24.0 Å². The number of hydrogen-bond donors (Lipinski definition) is 1. The number of carbonyl (C=O) groups excluding carboxylic acids is 2. The van der Waals surface area contributed by atoms with Crippen LogP contribution in [0.15, 0.2) is 47.3 Å². The maximum Gasteiger partial charge on any atom is 0.338 e. The molecule has 0 spiro atoms. The lowest BCUT2D eigenvalue weighted by atomic mass is 9.83. The highest BCUT2D eigenvalue weighted by Crippen LogP contribution is 2.36. The van der Waals surface area contributed by atoms with Gasteiger partial charge in [-0.05, 0) is 49.1 Å². The molecule has 2 aliphatic heterocycles. The molecule has 0 saturated carbocycles. The Kier molecular flexibility index (Phi) is 8.05. The van der Waals surface area contributed by atoms with Gasteiger partial charge in [0.05, 0.1) is 17.9 Å². The third-order valence-corrected chi connectivity index (χ3v) is 7.72. The summed E-state index contributed by atoms with van der Waals surface area (Å²) in [5.41, 5.74) is 2.23. The Labute approximate surface area is 208 Å². The number of thioether (sulfide) groups is 1. The third-order valence-electron chi connectivity index (χ3n) is 6.20. The number of carbonyl (C=O) groups is 2. The third kappa shape index (κ3) is 5.88. The van der Waals surface area contributed by atoms with E-state index in [9.17, 15) is 14.4 Å². The van der Waals surface area contributed by atoms with Gasteiger partial charge in [-0.2, -0.15) is 0 Å². The highest BCUT2D eigenvalue weighted by molar-refractivity contribution is 8.23. The Morgan fingerprint density at radius 2 is 1.94 bits per heavy atom. The highest BCUT2D eigenvalue weighted by Gasteiger charge is 2.35. The number of esters is 1. The molecule has 1 saturated heterocycles. The molecule has 1 N–H and O–H groups in total. The van der Waals surface area contributed by atoms with Crippen molar-refractivity contribution in [2.24, 2.45) is 5.92 Å². The van der Waals surface area contributed by atoms with Crippen molar-refractivity contribution in [1.29, 1.82) is 0 Å². The summed E-state index contributed by atoms with van der Waals surface area (Å²) in [6.45, 7) is 4.74. The van der Waals surface area contributed by atoms with Crippen molar-refractivity contribution in [1.82, 2.24) is 9.47 Å². The number of anilines is 1. The van der Waals surface area contributed by atoms with Crippen LogP contribution in [-0.4, -0.2) is 51.1 Å². The lowest BCUT2D eigenvalue weighted by Gasteiger charge is -2.43. The number of likely N-dealkylation sites (tertiary alicyclic amines) is 1. The molecule has 2 atom stereocenters. The fourth-order valence-corrected chi connectivity index (χ4v) is 5.53. The zero-order valence-corrected chi connectivity index (χ0v) is 20.8. The first-order valence-corrected chi connectivity index (χ1v) is 13.0. The number of piperidine rings is 1. The van der Waals surface area contributed by atoms with Crippen LogP contribution in [0.1, 0.15) is 48.2 Å². The molecule has 1 aromatic carbocycles. The standard InChI is InChI=1S/C25H29N3O4S2/c1-2-3-11-32-24(31)18-7-9-20(10-8-18)26-22(29)16-34-25(33)27-13-17-12-19(15-27)21-5-4-6-23(30)28(21)14-17/h4-10,17,19H,2-3,11-16H2,1H3,(H,26,29)/t17-,19-/m0/s1. The summed E-state index contributed by atoms with van der Waals surface area (Å²) in [6.07, 6.45) is 2.87. The number of thiocarbonyl (C=S) groups is 1. The Morgan fingerprint density at radius 1 is 1.15 bits per heavy atom. The van der Waals surface area contributed by atoms with E-state index in [1.807, 2.05) is 23.6 Å². The molecule has 1 aromatic heterocycles. The molecule has 9 heteroatoms. The summed E-state index contributed by atoms with van der Waals surface area (Å²) < 4.78 is 7.81. The van der Waals surface area contributed by atoms with Crippen LogP contribution in [0.25, 0.3) is 0 Å². The van der Waals surface area contributed by atoms with E-state index < -0.39 is 0 Å². The van der Waals surface area contributed by atoms with Gasteiger partial charge in [-0.1, -0.05) is 43.4 Å². The molecule has 0 aliphatic carbocycles. The van der Waals surface area contributed by atoms with Crippen LogP contribution in [0.3, 0.4) is 0 Å². The predicted octanol–water partition coefficient (Wildman–Crippen LogP) is 3.88. The number of aromatic nitrogens is 1.